The van der Waals surface area contributed by atoms with Crippen LogP contribution in [-0.2, 0) is 11.2 Å². The van der Waals surface area contributed by atoms with Crippen molar-refractivity contribution in [2.24, 2.45) is 0 Å². The van der Waals surface area contributed by atoms with Crippen molar-refractivity contribution in [2.45, 2.75) is 26.2 Å². The van der Waals surface area contributed by atoms with Gasteiger partial charge in [0, 0.05) is 30.0 Å². The molecule has 3 aromatic rings. The van der Waals surface area contributed by atoms with E-state index in [4.69, 9.17) is 9.15 Å². The maximum Gasteiger partial charge on any atom is 0.230 e. The van der Waals surface area contributed by atoms with E-state index in [1.165, 1.54) is 12.8 Å². The van der Waals surface area contributed by atoms with Crippen molar-refractivity contribution in [1.82, 2.24) is 4.98 Å². The van der Waals surface area contributed by atoms with Crippen molar-refractivity contribution >= 4 is 17.3 Å². The molecule has 1 aliphatic rings. The highest BCUT2D eigenvalue weighted by molar-refractivity contribution is 5.92. The van der Waals surface area contributed by atoms with Crippen molar-refractivity contribution in [3.63, 3.8) is 0 Å². The first-order valence-electron chi connectivity index (χ1n) is 9.88. The molecular formula is C23H25N3O3. The number of aryl methyl sites for hydroxylation is 1. The van der Waals surface area contributed by atoms with Gasteiger partial charge in [-0.2, -0.15) is 0 Å². The molecule has 0 atom stereocenters. The number of hydrogen-bond donors (Lipinski definition) is 1. The molecule has 0 bridgehead atoms. The number of methoxy groups -OCH3 is 1. The molecule has 1 saturated heterocycles. The SMILES string of the molecule is COc1ccc(-c2nc(CC(=O)Nc3cccc(N4CCCC4)c3)c(C)o2)cc1. The zero-order chi connectivity index (χ0) is 20.2. The number of anilines is 2. The number of carbonyl (C=O) groups excluding carboxylic acids is 1. The van der Waals surface area contributed by atoms with Crippen LogP contribution in [0.4, 0.5) is 11.4 Å². The molecular weight excluding hydrogens is 366 g/mol. The maximum absolute atomic E-state index is 12.6. The first-order chi connectivity index (χ1) is 14.1. The summed E-state index contributed by atoms with van der Waals surface area (Å²) in [5, 5.41) is 2.98. The zero-order valence-electron chi connectivity index (χ0n) is 16.8. The summed E-state index contributed by atoms with van der Waals surface area (Å²) >= 11 is 0. The highest BCUT2D eigenvalue weighted by Gasteiger charge is 2.16. The number of aromatic nitrogens is 1. The summed E-state index contributed by atoms with van der Waals surface area (Å²) in [6.45, 7) is 3.98. The molecule has 2 aromatic carbocycles. The van der Waals surface area contributed by atoms with E-state index in [-0.39, 0.29) is 12.3 Å². The molecule has 4 rings (SSSR count). The van der Waals surface area contributed by atoms with Crippen LogP contribution in [0.1, 0.15) is 24.3 Å². The minimum absolute atomic E-state index is 0.110. The first kappa shape index (κ1) is 19.1. The number of carbonyl (C=O) groups is 1. The number of nitrogens with zero attached hydrogens (tertiary/aromatic N) is 2. The third-order valence-electron chi connectivity index (χ3n) is 5.16. The Hall–Kier alpha value is -3.28. The lowest BCUT2D eigenvalue weighted by Crippen LogP contribution is -2.18. The molecule has 2 heterocycles. The largest absolute Gasteiger partial charge is 0.497 e. The van der Waals surface area contributed by atoms with E-state index in [0.29, 0.717) is 17.3 Å². The lowest BCUT2D eigenvalue weighted by Gasteiger charge is -2.18. The van der Waals surface area contributed by atoms with Gasteiger partial charge in [-0.25, -0.2) is 4.98 Å². The molecule has 1 amide bonds. The molecule has 6 nitrogen and oxygen atoms in total. The summed E-state index contributed by atoms with van der Waals surface area (Å²) in [6, 6.07) is 15.5. The van der Waals surface area contributed by atoms with E-state index >= 15 is 0 Å². The van der Waals surface area contributed by atoms with Gasteiger partial charge in [0.15, 0.2) is 0 Å². The van der Waals surface area contributed by atoms with Gasteiger partial charge in [0.25, 0.3) is 0 Å². The number of nitrogens with one attached hydrogen (secondary N) is 1. The van der Waals surface area contributed by atoms with Crippen LogP contribution in [0.15, 0.2) is 52.9 Å². The highest BCUT2D eigenvalue weighted by Crippen LogP contribution is 2.25. The summed E-state index contributed by atoms with van der Waals surface area (Å²) < 4.78 is 11.0. The second-order valence-corrected chi connectivity index (χ2v) is 7.22. The van der Waals surface area contributed by atoms with E-state index in [2.05, 4.69) is 21.3 Å². The van der Waals surface area contributed by atoms with Gasteiger partial charge >= 0.3 is 0 Å². The summed E-state index contributed by atoms with van der Waals surface area (Å²) in [6.07, 6.45) is 2.61. The van der Waals surface area contributed by atoms with Crippen LogP contribution in [-0.4, -0.2) is 31.1 Å². The Balaban J connectivity index is 1.43. The predicted molar refractivity (Wildman–Crippen MR) is 113 cm³/mol. The predicted octanol–water partition coefficient (Wildman–Crippen LogP) is 4.44. The smallest absolute Gasteiger partial charge is 0.230 e. The molecule has 1 N–H and O–H groups in total. The van der Waals surface area contributed by atoms with Crippen LogP contribution in [0.25, 0.3) is 11.5 Å². The Kier molecular flexibility index (Phi) is 5.51. The van der Waals surface area contributed by atoms with Gasteiger partial charge in [-0.05, 0) is 62.2 Å². The van der Waals surface area contributed by atoms with Crippen molar-refractivity contribution < 1.29 is 13.9 Å². The normalized spacial score (nSPS) is 13.5. The third kappa shape index (κ3) is 4.42. The first-order valence-corrected chi connectivity index (χ1v) is 9.88. The zero-order valence-corrected chi connectivity index (χ0v) is 16.8. The van der Waals surface area contributed by atoms with Gasteiger partial charge in [-0.3, -0.25) is 4.79 Å². The molecule has 0 aliphatic carbocycles. The molecule has 29 heavy (non-hydrogen) atoms. The summed E-state index contributed by atoms with van der Waals surface area (Å²) in [4.78, 5) is 19.4. The monoisotopic (exact) mass is 391 g/mol. The second kappa shape index (κ2) is 8.39. The average Bonchev–Trinajstić information content (AvgIpc) is 3.39. The lowest BCUT2D eigenvalue weighted by atomic mass is 10.2. The number of ether oxygens (including phenoxy) is 1. The van der Waals surface area contributed by atoms with Crippen LogP contribution in [0.2, 0.25) is 0 Å². The van der Waals surface area contributed by atoms with Gasteiger partial charge in [-0.1, -0.05) is 6.07 Å². The van der Waals surface area contributed by atoms with Crippen LogP contribution < -0.4 is 15.0 Å². The van der Waals surface area contributed by atoms with Crippen LogP contribution in [0.5, 0.6) is 5.75 Å². The Labute approximate surface area is 170 Å². The van der Waals surface area contributed by atoms with E-state index in [0.717, 1.165) is 35.8 Å². The van der Waals surface area contributed by atoms with E-state index < -0.39 is 0 Å². The molecule has 0 radical (unpaired) electrons. The summed E-state index contributed by atoms with van der Waals surface area (Å²) in [7, 11) is 1.63. The van der Waals surface area contributed by atoms with Gasteiger partial charge < -0.3 is 19.4 Å². The molecule has 6 heteroatoms. The lowest BCUT2D eigenvalue weighted by molar-refractivity contribution is -0.115. The van der Waals surface area contributed by atoms with Gasteiger partial charge in [0.1, 0.15) is 11.5 Å². The molecule has 0 saturated carbocycles. The molecule has 1 aromatic heterocycles. The average molecular weight is 391 g/mol. The topological polar surface area (TPSA) is 67.6 Å². The number of rotatable bonds is 6. The van der Waals surface area contributed by atoms with Crippen molar-refractivity contribution in [2.75, 3.05) is 30.4 Å². The molecule has 1 aliphatic heterocycles. The van der Waals surface area contributed by atoms with E-state index in [1.54, 1.807) is 7.11 Å². The maximum atomic E-state index is 12.6. The van der Waals surface area contributed by atoms with Crippen molar-refractivity contribution in [3.05, 3.63) is 60.0 Å². The minimum atomic E-state index is -0.110. The van der Waals surface area contributed by atoms with Crippen LogP contribution >= 0.6 is 0 Å². The van der Waals surface area contributed by atoms with Crippen molar-refractivity contribution in [3.8, 4) is 17.2 Å². The number of benzene rings is 2. The van der Waals surface area contributed by atoms with Crippen LogP contribution in [0, 0.1) is 6.92 Å². The fraction of sp³-hybridized carbons (Fsp3) is 0.304. The standard InChI is InChI=1S/C23H25N3O3/c1-16-21(25-23(29-16)17-8-10-20(28-2)11-9-17)15-22(27)24-18-6-5-7-19(14-18)26-12-3-4-13-26/h5-11,14H,3-4,12-13,15H2,1-2H3,(H,24,27). The Bertz CT molecular complexity index is 989. The van der Waals surface area contributed by atoms with Gasteiger partial charge in [-0.15, -0.1) is 0 Å². The number of hydrogen-bond acceptors (Lipinski definition) is 5. The molecule has 0 spiro atoms. The fourth-order valence-corrected chi connectivity index (χ4v) is 3.56. The molecule has 0 unspecified atom stereocenters. The molecule has 150 valence electrons. The summed E-state index contributed by atoms with van der Waals surface area (Å²) in [5.74, 6) is 1.81. The number of amides is 1. The van der Waals surface area contributed by atoms with E-state index in [9.17, 15) is 4.79 Å². The highest BCUT2D eigenvalue weighted by atomic mass is 16.5. The van der Waals surface area contributed by atoms with Gasteiger partial charge in [0.2, 0.25) is 11.8 Å². The number of oxazole rings is 1. The summed E-state index contributed by atoms with van der Waals surface area (Å²) in [5.41, 5.74) is 3.44. The Morgan fingerprint density at radius 3 is 2.66 bits per heavy atom. The molecule has 1 fully saturated rings. The van der Waals surface area contributed by atoms with E-state index in [1.807, 2.05) is 49.4 Å². The van der Waals surface area contributed by atoms with Crippen LogP contribution in [0.3, 0.4) is 0 Å². The van der Waals surface area contributed by atoms with Crippen molar-refractivity contribution in [1.29, 1.82) is 0 Å². The second-order valence-electron chi connectivity index (χ2n) is 7.22. The fourth-order valence-electron chi connectivity index (χ4n) is 3.56. The Morgan fingerprint density at radius 2 is 1.93 bits per heavy atom. The Morgan fingerprint density at radius 1 is 1.17 bits per heavy atom. The van der Waals surface area contributed by atoms with Gasteiger partial charge in [0.05, 0.1) is 19.2 Å². The quantitative estimate of drug-likeness (QED) is 0.673. The minimum Gasteiger partial charge on any atom is -0.497 e. The third-order valence-corrected chi connectivity index (χ3v) is 5.16.